The molecule has 0 radical (unpaired) electrons. The number of amides is 3. The van der Waals surface area contributed by atoms with Gasteiger partial charge in [-0.05, 0) is 67.6 Å². The first-order valence-electron chi connectivity index (χ1n) is 15.8. The second-order valence-electron chi connectivity index (χ2n) is 12.3. The maximum Gasteiger partial charge on any atom is 0.275 e. The van der Waals surface area contributed by atoms with Crippen LogP contribution >= 0.6 is 11.3 Å². The molecule has 1 fully saturated rings. The number of pyridine rings is 1. The van der Waals surface area contributed by atoms with Crippen molar-refractivity contribution in [3.63, 3.8) is 0 Å². The Morgan fingerprint density at radius 2 is 1.90 bits per heavy atom. The highest BCUT2D eigenvalue weighted by atomic mass is 32.1. The summed E-state index contributed by atoms with van der Waals surface area (Å²) in [5.41, 5.74) is 1.00. The number of para-hydroxylation sites is 1. The number of ether oxygens (including phenoxy) is 1. The first-order chi connectivity index (χ1) is 23.1. The van der Waals surface area contributed by atoms with Crippen LogP contribution in [0.25, 0.3) is 21.1 Å². The van der Waals surface area contributed by atoms with Crippen molar-refractivity contribution in [2.75, 3.05) is 19.0 Å². The fourth-order valence-corrected chi connectivity index (χ4v) is 7.00. The number of H-pyrrole nitrogens is 1. The molecular formula is C35H36N6O6S. The zero-order valence-electron chi connectivity index (χ0n) is 26.7. The number of nitrogens with one attached hydrogen (secondary N) is 4. The minimum Gasteiger partial charge on any atom is -0.496 e. The highest BCUT2D eigenvalue weighted by molar-refractivity contribution is 7.20. The van der Waals surface area contributed by atoms with Crippen molar-refractivity contribution >= 4 is 61.6 Å². The topological polar surface area (TPSA) is 164 Å². The average Bonchev–Trinajstić information content (AvgIpc) is 3.82. The second kappa shape index (κ2) is 13.8. The Kier molecular flexibility index (Phi) is 9.40. The summed E-state index contributed by atoms with van der Waals surface area (Å²) in [5.74, 6) is -1.51. The number of Topliss-reactive ketones (excluding diaryl/α,β-unsaturated/α-hetero) is 1. The van der Waals surface area contributed by atoms with E-state index in [4.69, 9.17) is 4.74 Å². The number of benzene rings is 2. The number of aromatic nitrogens is 3. The van der Waals surface area contributed by atoms with Gasteiger partial charge in [0.1, 0.15) is 23.2 Å². The van der Waals surface area contributed by atoms with Crippen LogP contribution < -0.4 is 26.2 Å². The number of fused-ring (bicyclic) bond motifs is 2. The SMILES string of the molecule is COc1cccc2[nH]c(C(=O)Nc3cccn([C@@H](CC(C)C)C(=O)N[C@@H](C[C@@H]4CCNC4=O)C(=O)c4nc5ccccc5s4)c3=O)cc12. The van der Waals surface area contributed by atoms with Gasteiger partial charge in [0, 0.05) is 29.6 Å². The van der Waals surface area contributed by atoms with Crippen molar-refractivity contribution in [3.05, 3.63) is 87.9 Å². The van der Waals surface area contributed by atoms with Crippen molar-refractivity contribution in [2.45, 2.75) is 45.2 Å². The number of carbonyl (C=O) groups excluding carboxylic acids is 4. The molecular weight excluding hydrogens is 632 g/mol. The quantitative estimate of drug-likeness (QED) is 0.140. The molecule has 0 aliphatic carbocycles. The van der Waals surface area contributed by atoms with E-state index in [1.54, 1.807) is 31.4 Å². The summed E-state index contributed by atoms with van der Waals surface area (Å²) in [4.78, 5) is 75.1. The largest absolute Gasteiger partial charge is 0.496 e. The van der Waals surface area contributed by atoms with Crippen molar-refractivity contribution in [1.82, 2.24) is 25.2 Å². The van der Waals surface area contributed by atoms with Crippen molar-refractivity contribution in [1.29, 1.82) is 0 Å². The molecule has 4 N–H and O–H groups in total. The molecule has 1 aliphatic rings. The average molecular weight is 669 g/mol. The Morgan fingerprint density at radius 1 is 1.08 bits per heavy atom. The van der Waals surface area contributed by atoms with E-state index >= 15 is 0 Å². The van der Waals surface area contributed by atoms with E-state index in [0.717, 1.165) is 4.70 Å². The smallest absolute Gasteiger partial charge is 0.275 e. The number of aromatic amines is 1. The molecule has 2 aromatic carbocycles. The fourth-order valence-electron chi connectivity index (χ4n) is 6.04. The second-order valence-corrected chi connectivity index (χ2v) is 13.3. The van der Waals surface area contributed by atoms with Gasteiger partial charge in [-0.2, -0.15) is 0 Å². The summed E-state index contributed by atoms with van der Waals surface area (Å²) in [7, 11) is 1.54. The van der Waals surface area contributed by atoms with Gasteiger partial charge in [0.2, 0.25) is 17.6 Å². The molecule has 6 rings (SSSR count). The van der Waals surface area contributed by atoms with Crippen LogP contribution in [0.3, 0.4) is 0 Å². The van der Waals surface area contributed by atoms with Gasteiger partial charge in [0.05, 0.1) is 23.4 Å². The van der Waals surface area contributed by atoms with Crippen LogP contribution in [-0.4, -0.2) is 57.7 Å². The number of carbonyl (C=O) groups is 4. The molecule has 1 aliphatic heterocycles. The normalized spacial score (nSPS) is 15.8. The van der Waals surface area contributed by atoms with Crippen molar-refractivity contribution in [3.8, 4) is 5.75 Å². The van der Waals surface area contributed by atoms with Crippen LogP contribution in [0.2, 0.25) is 0 Å². The molecule has 5 aromatic rings. The number of ketones is 1. The fraction of sp³-hybridized carbons (Fsp3) is 0.314. The molecule has 48 heavy (non-hydrogen) atoms. The molecule has 0 bridgehead atoms. The van der Waals surface area contributed by atoms with Crippen LogP contribution in [0.5, 0.6) is 5.75 Å². The molecule has 1 saturated heterocycles. The lowest BCUT2D eigenvalue weighted by atomic mass is 9.95. The summed E-state index contributed by atoms with van der Waals surface area (Å²) in [6.45, 7) is 4.34. The molecule has 4 heterocycles. The zero-order chi connectivity index (χ0) is 33.9. The number of thiazole rings is 1. The van der Waals surface area contributed by atoms with Crippen molar-refractivity contribution in [2.24, 2.45) is 11.8 Å². The molecule has 3 atom stereocenters. The van der Waals surface area contributed by atoms with Crippen LogP contribution in [-0.2, 0) is 9.59 Å². The molecule has 0 unspecified atom stereocenters. The summed E-state index contributed by atoms with van der Waals surface area (Å²) < 4.78 is 7.50. The first-order valence-corrected chi connectivity index (χ1v) is 16.6. The van der Waals surface area contributed by atoms with Crippen molar-refractivity contribution < 1.29 is 23.9 Å². The monoisotopic (exact) mass is 668 g/mol. The lowest BCUT2D eigenvalue weighted by Gasteiger charge is -2.25. The summed E-state index contributed by atoms with van der Waals surface area (Å²) >= 11 is 1.23. The van der Waals surface area contributed by atoms with Crippen LogP contribution in [0.1, 0.15) is 59.4 Å². The molecule has 12 nitrogen and oxygen atoms in total. The van der Waals surface area contributed by atoms with Gasteiger partial charge in [-0.15, -0.1) is 11.3 Å². The third-order valence-corrected chi connectivity index (χ3v) is 9.52. The van der Waals surface area contributed by atoms with E-state index < -0.39 is 41.2 Å². The highest BCUT2D eigenvalue weighted by Crippen LogP contribution is 2.28. The van der Waals surface area contributed by atoms with Gasteiger partial charge in [0.25, 0.3) is 11.5 Å². The van der Waals surface area contributed by atoms with E-state index in [-0.39, 0.29) is 41.1 Å². The maximum atomic E-state index is 14.1. The van der Waals surface area contributed by atoms with Gasteiger partial charge in [-0.1, -0.05) is 32.0 Å². The Morgan fingerprint density at radius 3 is 2.62 bits per heavy atom. The van der Waals surface area contributed by atoms with Crippen LogP contribution in [0.4, 0.5) is 5.69 Å². The van der Waals surface area contributed by atoms with Crippen LogP contribution in [0, 0.1) is 11.8 Å². The first kappa shape index (κ1) is 32.6. The molecule has 3 aromatic heterocycles. The number of hydrogen-bond acceptors (Lipinski definition) is 8. The summed E-state index contributed by atoms with van der Waals surface area (Å²) in [6.07, 6.45) is 2.41. The lowest BCUT2D eigenvalue weighted by Crippen LogP contribution is -2.47. The Hall–Kier alpha value is -5.30. The number of methoxy groups -OCH3 is 1. The molecule has 248 valence electrons. The number of rotatable bonds is 12. The number of nitrogens with zero attached hydrogens (tertiary/aromatic N) is 2. The zero-order valence-corrected chi connectivity index (χ0v) is 27.6. The van der Waals surface area contributed by atoms with E-state index in [1.165, 1.54) is 28.2 Å². The molecule has 13 heteroatoms. The van der Waals surface area contributed by atoms with Gasteiger partial charge in [0.15, 0.2) is 5.01 Å². The Bertz CT molecular complexity index is 2050. The van der Waals surface area contributed by atoms with E-state index in [2.05, 4.69) is 25.9 Å². The Labute approximate surface area is 279 Å². The van der Waals surface area contributed by atoms with Gasteiger partial charge >= 0.3 is 0 Å². The van der Waals surface area contributed by atoms with Gasteiger partial charge in [-0.25, -0.2) is 4.98 Å². The highest BCUT2D eigenvalue weighted by Gasteiger charge is 2.35. The number of anilines is 1. The van der Waals surface area contributed by atoms with Gasteiger partial charge in [-0.3, -0.25) is 24.0 Å². The van der Waals surface area contributed by atoms with E-state index in [0.29, 0.717) is 35.1 Å². The van der Waals surface area contributed by atoms with Gasteiger partial charge < -0.3 is 30.2 Å². The molecule has 0 spiro atoms. The predicted molar refractivity (Wildman–Crippen MR) is 184 cm³/mol. The lowest BCUT2D eigenvalue weighted by molar-refractivity contribution is -0.126. The number of hydrogen-bond donors (Lipinski definition) is 4. The standard InChI is InChI=1S/C35H36N6O6S/c1-19(2)16-27(41-15-7-10-24(35(41)46)38-32(44)26-18-21-22(37-26)9-6-11-28(21)47-3)33(45)39-25(17-20-13-14-36-31(20)43)30(42)34-40-23-8-4-5-12-29(23)48-34/h4-12,15,18-20,25,27,37H,13-14,16-17H2,1-3H3,(H,36,43)(H,38,44)(H,39,45)/t20-,25-,27-/m0/s1. The minimum atomic E-state index is -1.04. The summed E-state index contributed by atoms with van der Waals surface area (Å²) in [6, 6.07) is 15.4. The van der Waals surface area contributed by atoms with E-state index in [9.17, 15) is 24.0 Å². The third kappa shape index (κ3) is 6.72. The summed E-state index contributed by atoms with van der Waals surface area (Å²) in [5, 5.41) is 9.30. The predicted octanol–water partition coefficient (Wildman–Crippen LogP) is 4.68. The van der Waals surface area contributed by atoms with E-state index in [1.807, 2.05) is 44.2 Å². The molecule has 3 amide bonds. The molecule has 0 saturated carbocycles. The van der Waals surface area contributed by atoms with Crippen LogP contribution in [0.15, 0.2) is 71.7 Å². The Balaban J connectivity index is 1.27. The third-order valence-electron chi connectivity index (χ3n) is 8.47. The maximum absolute atomic E-state index is 14.1. The minimum absolute atomic E-state index is 0.00810.